The summed E-state index contributed by atoms with van der Waals surface area (Å²) in [6.45, 7) is 1.97. The summed E-state index contributed by atoms with van der Waals surface area (Å²) in [5.74, 6) is -0.105. The highest BCUT2D eigenvalue weighted by Crippen LogP contribution is 2.37. The van der Waals surface area contributed by atoms with Crippen LogP contribution < -0.4 is 19.3 Å². The predicted octanol–water partition coefficient (Wildman–Crippen LogP) is 3.50. The van der Waals surface area contributed by atoms with Crippen LogP contribution in [-0.4, -0.2) is 46.3 Å². The topological polar surface area (TPSA) is 79.0 Å². The van der Waals surface area contributed by atoms with Gasteiger partial charge in [0.2, 0.25) is 10.0 Å². The van der Waals surface area contributed by atoms with E-state index in [-0.39, 0.29) is 6.54 Å². The summed E-state index contributed by atoms with van der Waals surface area (Å²) in [5.41, 5.74) is 2.10. The van der Waals surface area contributed by atoms with Crippen LogP contribution >= 0.6 is 11.6 Å². The lowest BCUT2D eigenvalue weighted by molar-refractivity contribution is -0.122. The van der Waals surface area contributed by atoms with E-state index in [0.29, 0.717) is 22.1 Å². The van der Waals surface area contributed by atoms with Gasteiger partial charge in [0.15, 0.2) is 6.10 Å². The highest BCUT2D eigenvalue weighted by atomic mass is 35.5. The molecule has 4 rings (SSSR count). The minimum atomic E-state index is -3.60. The van der Waals surface area contributed by atoms with Gasteiger partial charge in [-0.15, -0.1) is 0 Å². The molecule has 2 heterocycles. The zero-order chi connectivity index (χ0) is 21.3. The number of rotatable bonds is 4. The number of hydrogen-bond acceptors (Lipinski definition) is 5. The van der Waals surface area contributed by atoms with Gasteiger partial charge < -0.3 is 15.0 Å². The number of nitrogens with one attached hydrogen (secondary N) is 1. The molecule has 2 aliphatic rings. The van der Waals surface area contributed by atoms with E-state index in [1.807, 2.05) is 24.3 Å². The molecule has 1 amide bonds. The molecular formula is C21H24ClN3O4S. The number of benzene rings is 2. The molecule has 1 N–H and O–H groups in total. The summed E-state index contributed by atoms with van der Waals surface area (Å²) >= 11 is 6.01. The minimum absolute atomic E-state index is 0.121. The summed E-state index contributed by atoms with van der Waals surface area (Å²) in [7, 11) is -3.60. The molecule has 9 heteroatoms. The van der Waals surface area contributed by atoms with Crippen LogP contribution in [0.2, 0.25) is 5.02 Å². The summed E-state index contributed by atoms with van der Waals surface area (Å²) < 4.78 is 31.5. The number of nitrogens with zero attached hydrogens (tertiary/aromatic N) is 2. The van der Waals surface area contributed by atoms with Gasteiger partial charge in [0.25, 0.3) is 5.91 Å². The van der Waals surface area contributed by atoms with Gasteiger partial charge in [-0.1, -0.05) is 11.6 Å². The zero-order valence-electron chi connectivity index (χ0n) is 16.7. The Hall–Kier alpha value is -2.45. The molecule has 2 aromatic carbocycles. The molecule has 1 unspecified atom stereocenters. The van der Waals surface area contributed by atoms with Crippen LogP contribution in [0.15, 0.2) is 42.5 Å². The number of ether oxygens (including phenoxy) is 1. The molecule has 0 radical (unpaired) electrons. The Balaban J connectivity index is 1.49. The molecule has 0 aromatic heterocycles. The molecule has 7 nitrogen and oxygen atoms in total. The molecule has 0 aliphatic carbocycles. The van der Waals surface area contributed by atoms with E-state index in [1.165, 1.54) is 25.3 Å². The molecule has 160 valence electrons. The number of halogens is 1. The maximum Gasteiger partial charge on any atom is 0.267 e. The Morgan fingerprint density at radius 2 is 1.80 bits per heavy atom. The third-order valence-electron chi connectivity index (χ3n) is 5.34. The van der Waals surface area contributed by atoms with Crippen LogP contribution in [0.3, 0.4) is 0 Å². The lowest BCUT2D eigenvalue weighted by Crippen LogP contribution is -2.48. The maximum absolute atomic E-state index is 12.8. The summed E-state index contributed by atoms with van der Waals surface area (Å²) in [5, 5.41) is 3.22. The summed E-state index contributed by atoms with van der Waals surface area (Å²) in [4.78, 5) is 15.1. The van der Waals surface area contributed by atoms with Crippen LogP contribution in [0.5, 0.6) is 5.75 Å². The van der Waals surface area contributed by atoms with Gasteiger partial charge >= 0.3 is 0 Å². The Morgan fingerprint density at radius 3 is 2.47 bits per heavy atom. The monoisotopic (exact) mass is 449 g/mol. The van der Waals surface area contributed by atoms with Crippen molar-refractivity contribution in [3.63, 3.8) is 0 Å². The van der Waals surface area contributed by atoms with E-state index < -0.39 is 22.0 Å². The zero-order valence-corrected chi connectivity index (χ0v) is 18.2. The first-order valence-electron chi connectivity index (χ1n) is 9.91. The summed E-state index contributed by atoms with van der Waals surface area (Å²) in [6.07, 6.45) is 3.78. The fourth-order valence-corrected chi connectivity index (χ4v) is 4.88. The van der Waals surface area contributed by atoms with Gasteiger partial charge in [-0.2, -0.15) is 0 Å². The number of fused-ring (bicyclic) bond motifs is 1. The highest BCUT2D eigenvalue weighted by molar-refractivity contribution is 7.92. The van der Waals surface area contributed by atoms with E-state index in [1.54, 1.807) is 12.1 Å². The van der Waals surface area contributed by atoms with Crippen LogP contribution in [0.25, 0.3) is 0 Å². The van der Waals surface area contributed by atoms with Gasteiger partial charge in [-0.3, -0.25) is 9.10 Å². The molecule has 0 saturated carbocycles. The fraction of sp³-hybridized carbons (Fsp3) is 0.381. The van der Waals surface area contributed by atoms with Crippen LogP contribution in [0, 0.1) is 0 Å². The Labute approximate surface area is 181 Å². The third kappa shape index (κ3) is 4.49. The van der Waals surface area contributed by atoms with Gasteiger partial charge in [0, 0.05) is 29.5 Å². The molecule has 2 aliphatic heterocycles. The van der Waals surface area contributed by atoms with Crippen molar-refractivity contribution in [2.24, 2.45) is 0 Å². The molecule has 2 aromatic rings. The van der Waals surface area contributed by atoms with Crippen molar-refractivity contribution in [2.45, 2.75) is 25.4 Å². The number of carbonyl (C=O) groups excluding carboxylic acids is 1. The van der Waals surface area contributed by atoms with Crippen molar-refractivity contribution < 1.29 is 17.9 Å². The first-order valence-corrected chi connectivity index (χ1v) is 12.1. The minimum Gasteiger partial charge on any atom is -0.476 e. The predicted molar refractivity (Wildman–Crippen MR) is 119 cm³/mol. The molecule has 0 bridgehead atoms. The van der Waals surface area contributed by atoms with Crippen LogP contribution in [0.1, 0.15) is 19.3 Å². The Bertz CT molecular complexity index is 1040. The molecule has 0 spiro atoms. The van der Waals surface area contributed by atoms with Gasteiger partial charge in [-0.25, -0.2) is 8.42 Å². The fourth-order valence-electron chi connectivity index (χ4n) is 3.81. The lowest BCUT2D eigenvalue weighted by atomic mass is 10.1. The number of anilines is 3. The first-order chi connectivity index (χ1) is 14.3. The average Bonchev–Trinajstić information content (AvgIpc) is 2.73. The highest BCUT2D eigenvalue weighted by Gasteiger charge is 2.35. The van der Waals surface area contributed by atoms with Crippen molar-refractivity contribution >= 4 is 44.6 Å². The normalized spacial score (nSPS) is 19.1. The second kappa shape index (κ2) is 8.35. The van der Waals surface area contributed by atoms with Crippen LogP contribution in [-0.2, 0) is 14.8 Å². The number of carbonyl (C=O) groups is 1. The van der Waals surface area contributed by atoms with E-state index in [0.717, 1.165) is 29.3 Å². The molecule has 30 heavy (non-hydrogen) atoms. The molecule has 1 fully saturated rings. The first kappa shape index (κ1) is 20.8. The van der Waals surface area contributed by atoms with Crippen molar-refractivity contribution in [1.29, 1.82) is 0 Å². The van der Waals surface area contributed by atoms with Gasteiger partial charge in [-0.05, 0) is 61.7 Å². The number of amides is 1. The van der Waals surface area contributed by atoms with Crippen molar-refractivity contribution in [1.82, 2.24) is 0 Å². The van der Waals surface area contributed by atoms with Gasteiger partial charge in [0.1, 0.15) is 5.75 Å². The SMILES string of the molecule is CS(=O)(=O)N1CC(C(=O)Nc2ccc(N3CCCCC3)cc2)Oc2ccc(Cl)cc21. The number of hydrogen-bond donors (Lipinski definition) is 1. The standard InChI is InChI=1S/C21H24ClN3O4S/c1-30(27,28)25-14-20(29-19-10-5-15(22)13-18(19)25)21(26)23-16-6-8-17(9-7-16)24-11-3-2-4-12-24/h5-10,13,20H,2-4,11-12,14H2,1H3,(H,23,26). The largest absolute Gasteiger partial charge is 0.476 e. The maximum atomic E-state index is 12.8. The Kier molecular flexibility index (Phi) is 5.79. The van der Waals surface area contributed by atoms with E-state index in [9.17, 15) is 13.2 Å². The second-order valence-electron chi connectivity index (χ2n) is 7.60. The molecule has 1 saturated heterocycles. The molecule has 1 atom stereocenters. The number of sulfonamides is 1. The Morgan fingerprint density at radius 1 is 1.10 bits per heavy atom. The van der Waals surface area contributed by atoms with Gasteiger partial charge in [0.05, 0.1) is 18.5 Å². The average molecular weight is 450 g/mol. The lowest BCUT2D eigenvalue weighted by Gasteiger charge is -2.34. The van der Waals surface area contributed by atoms with E-state index in [4.69, 9.17) is 16.3 Å². The second-order valence-corrected chi connectivity index (χ2v) is 9.94. The third-order valence-corrected chi connectivity index (χ3v) is 6.72. The van der Waals surface area contributed by atoms with E-state index in [2.05, 4.69) is 10.2 Å². The summed E-state index contributed by atoms with van der Waals surface area (Å²) in [6, 6.07) is 12.4. The molecular weight excluding hydrogens is 426 g/mol. The van der Waals surface area contributed by atoms with E-state index >= 15 is 0 Å². The van der Waals surface area contributed by atoms with Crippen molar-refractivity contribution in [3.05, 3.63) is 47.5 Å². The van der Waals surface area contributed by atoms with Crippen molar-refractivity contribution in [2.75, 3.05) is 40.4 Å². The van der Waals surface area contributed by atoms with Crippen molar-refractivity contribution in [3.8, 4) is 5.75 Å². The smallest absolute Gasteiger partial charge is 0.267 e. The quantitative estimate of drug-likeness (QED) is 0.772. The van der Waals surface area contributed by atoms with Crippen LogP contribution in [0.4, 0.5) is 17.1 Å². The number of piperidine rings is 1.